The SMILES string of the molecule is C=C1N=NC(=O)C(C)=C1c1ccc(Oc2ncccc2Cl)cc1C. The minimum atomic E-state index is -0.350. The van der Waals surface area contributed by atoms with Crippen LogP contribution in [0.25, 0.3) is 5.57 Å². The number of amides is 1. The first-order valence-corrected chi connectivity index (χ1v) is 7.61. The van der Waals surface area contributed by atoms with Crippen molar-refractivity contribution in [2.24, 2.45) is 10.2 Å². The number of carbonyl (C=O) groups is 1. The summed E-state index contributed by atoms with van der Waals surface area (Å²) in [6.07, 6.45) is 1.61. The van der Waals surface area contributed by atoms with E-state index in [-0.39, 0.29) is 5.91 Å². The highest BCUT2D eigenvalue weighted by molar-refractivity contribution is 6.31. The van der Waals surface area contributed by atoms with Crippen LogP contribution in [0, 0.1) is 6.92 Å². The lowest BCUT2D eigenvalue weighted by Crippen LogP contribution is -2.06. The Bertz CT molecular complexity index is 916. The Hall–Kier alpha value is -2.79. The second kappa shape index (κ2) is 6.37. The van der Waals surface area contributed by atoms with Gasteiger partial charge in [0.25, 0.3) is 5.91 Å². The second-order valence-corrected chi connectivity index (χ2v) is 5.73. The largest absolute Gasteiger partial charge is 0.438 e. The Balaban J connectivity index is 1.96. The van der Waals surface area contributed by atoms with Crippen molar-refractivity contribution < 1.29 is 9.53 Å². The second-order valence-electron chi connectivity index (χ2n) is 5.32. The third kappa shape index (κ3) is 2.98. The Morgan fingerprint density at radius 2 is 1.96 bits per heavy atom. The van der Waals surface area contributed by atoms with Crippen LogP contribution in [-0.4, -0.2) is 10.9 Å². The quantitative estimate of drug-likeness (QED) is 0.780. The number of pyridine rings is 1. The Morgan fingerprint density at radius 3 is 2.67 bits per heavy atom. The van der Waals surface area contributed by atoms with Gasteiger partial charge in [0, 0.05) is 17.3 Å². The summed E-state index contributed by atoms with van der Waals surface area (Å²) in [6, 6.07) is 8.95. The summed E-state index contributed by atoms with van der Waals surface area (Å²) >= 11 is 6.05. The maximum absolute atomic E-state index is 11.8. The lowest BCUT2D eigenvalue weighted by Gasteiger charge is -2.16. The zero-order valence-corrected chi connectivity index (χ0v) is 14.0. The molecule has 1 aromatic carbocycles. The van der Waals surface area contributed by atoms with E-state index in [1.807, 2.05) is 19.1 Å². The van der Waals surface area contributed by atoms with E-state index in [4.69, 9.17) is 16.3 Å². The van der Waals surface area contributed by atoms with Gasteiger partial charge in [-0.15, -0.1) is 10.2 Å². The molecule has 1 aromatic heterocycles. The van der Waals surface area contributed by atoms with Gasteiger partial charge in [-0.1, -0.05) is 24.2 Å². The third-order valence-electron chi connectivity index (χ3n) is 3.65. The number of hydrogen-bond donors (Lipinski definition) is 0. The molecule has 0 aliphatic carbocycles. The summed E-state index contributed by atoms with van der Waals surface area (Å²) in [4.78, 5) is 15.9. The molecule has 5 nitrogen and oxygen atoms in total. The van der Waals surface area contributed by atoms with E-state index in [2.05, 4.69) is 21.8 Å². The molecule has 0 unspecified atom stereocenters. The Morgan fingerprint density at radius 1 is 1.17 bits per heavy atom. The number of hydrogen-bond acceptors (Lipinski definition) is 4. The van der Waals surface area contributed by atoms with Gasteiger partial charge in [0.1, 0.15) is 10.8 Å². The number of rotatable bonds is 3. The first-order chi connectivity index (χ1) is 11.5. The number of ether oxygens (including phenoxy) is 1. The minimum Gasteiger partial charge on any atom is -0.438 e. The highest BCUT2D eigenvalue weighted by Gasteiger charge is 2.21. The molecular weight excluding hydrogens is 326 g/mol. The van der Waals surface area contributed by atoms with E-state index in [0.717, 1.165) is 11.1 Å². The van der Waals surface area contributed by atoms with Crippen molar-refractivity contribution in [3.8, 4) is 11.6 Å². The van der Waals surface area contributed by atoms with Crippen LogP contribution in [0.2, 0.25) is 5.02 Å². The van der Waals surface area contributed by atoms with Crippen molar-refractivity contribution in [2.45, 2.75) is 13.8 Å². The van der Waals surface area contributed by atoms with Gasteiger partial charge in [-0.25, -0.2) is 4.98 Å². The molecule has 0 fully saturated rings. The maximum atomic E-state index is 11.8. The summed E-state index contributed by atoms with van der Waals surface area (Å²) in [5.41, 5.74) is 3.48. The highest BCUT2D eigenvalue weighted by atomic mass is 35.5. The molecule has 1 aliphatic rings. The number of benzene rings is 1. The number of azo groups is 1. The molecule has 0 spiro atoms. The Labute approximate surface area is 144 Å². The molecule has 24 heavy (non-hydrogen) atoms. The molecule has 2 aromatic rings. The van der Waals surface area contributed by atoms with Crippen molar-refractivity contribution in [1.82, 2.24) is 4.98 Å². The molecule has 1 amide bonds. The number of aryl methyl sites for hydroxylation is 1. The zero-order chi connectivity index (χ0) is 17.3. The van der Waals surface area contributed by atoms with E-state index in [1.165, 1.54) is 0 Å². The number of nitrogens with zero attached hydrogens (tertiary/aromatic N) is 3. The predicted octanol–water partition coefficient (Wildman–Crippen LogP) is 5.12. The van der Waals surface area contributed by atoms with E-state index in [1.54, 1.807) is 31.3 Å². The van der Waals surface area contributed by atoms with Gasteiger partial charge in [-0.2, -0.15) is 0 Å². The van der Waals surface area contributed by atoms with Crippen LogP contribution in [0.3, 0.4) is 0 Å². The molecule has 0 N–H and O–H groups in total. The van der Waals surface area contributed by atoms with E-state index >= 15 is 0 Å². The first kappa shape index (κ1) is 16.1. The van der Waals surface area contributed by atoms with Crippen LogP contribution in [-0.2, 0) is 4.79 Å². The molecule has 120 valence electrons. The maximum Gasteiger partial charge on any atom is 0.291 e. The minimum absolute atomic E-state index is 0.341. The molecule has 0 saturated heterocycles. The number of aromatic nitrogens is 1. The summed E-state index contributed by atoms with van der Waals surface area (Å²) in [5, 5.41) is 7.82. The smallest absolute Gasteiger partial charge is 0.291 e. The van der Waals surface area contributed by atoms with Crippen LogP contribution in [0.1, 0.15) is 18.1 Å². The predicted molar refractivity (Wildman–Crippen MR) is 92.1 cm³/mol. The summed E-state index contributed by atoms with van der Waals surface area (Å²) in [6.45, 7) is 7.51. The fourth-order valence-electron chi connectivity index (χ4n) is 2.45. The van der Waals surface area contributed by atoms with Crippen molar-refractivity contribution in [2.75, 3.05) is 0 Å². The molecule has 1 aliphatic heterocycles. The normalized spacial score (nSPS) is 14.3. The number of carbonyl (C=O) groups excluding carboxylic acids is 1. The van der Waals surface area contributed by atoms with Gasteiger partial charge in [-0.05, 0) is 49.2 Å². The van der Waals surface area contributed by atoms with Crippen LogP contribution < -0.4 is 4.74 Å². The fourth-order valence-corrected chi connectivity index (χ4v) is 2.61. The van der Waals surface area contributed by atoms with E-state index in [0.29, 0.717) is 33.5 Å². The van der Waals surface area contributed by atoms with Gasteiger partial charge in [0.15, 0.2) is 0 Å². The van der Waals surface area contributed by atoms with Crippen LogP contribution in [0.4, 0.5) is 0 Å². The van der Waals surface area contributed by atoms with Crippen LogP contribution in [0.5, 0.6) is 11.6 Å². The molecule has 0 atom stereocenters. The van der Waals surface area contributed by atoms with Crippen LogP contribution in [0.15, 0.2) is 64.6 Å². The zero-order valence-electron chi connectivity index (χ0n) is 13.2. The van der Waals surface area contributed by atoms with Gasteiger partial charge < -0.3 is 4.74 Å². The van der Waals surface area contributed by atoms with Gasteiger partial charge in [0.05, 0.1) is 5.70 Å². The molecule has 2 heterocycles. The monoisotopic (exact) mass is 339 g/mol. The summed E-state index contributed by atoms with van der Waals surface area (Å²) in [7, 11) is 0. The lowest BCUT2D eigenvalue weighted by molar-refractivity contribution is -0.114. The van der Waals surface area contributed by atoms with Crippen molar-refractivity contribution in [1.29, 1.82) is 0 Å². The average Bonchev–Trinajstić information content (AvgIpc) is 2.55. The van der Waals surface area contributed by atoms with Crippen molar-refractivity contribution >= 4 is 23.1 Å². The van der Waals surface area contributed by atoms with E-state index in [9.17, 15) is 4.79 Å². The highest BCUT2D eigenvalue weighted by Crippen LogP contribution is 2.35. The summed E-state index contributed by atoms with van der Waals surface area (Å²) < 4.78 is 5.72. The van der Waals surface area contributed by atoms with Gasteiger partial charge in [-0.3, -0.25) is 4.79 Å². The Kier molecular flexibility index (Phi) is 4.27. The van der Waals surface area contributed by atoms with Crippen molar-refractivity contribution in [3.05, 3.63) is 70.5 Å². The molecular formula is C18H14ClN3O2. The molecule has 0 bridgehead atoms. The summed E-state index contributed by atoms with van der Waals surface area (Å²) in [5.74, 6) is 0.592. The fraction of sp³-hybridized carbons (Fsp3) is 0.111. The van der Waals surface area contributed by atoms with E-state index < -0.39 is 0 Å². The molecule has 0 radical (unpaired) electrons. The van der Waals surface area contributed by atoms with Crippen molar-refractivity contribution in [3.63, 3.8) is 0 Å². The lowest BCUT2D eigenvalue weighted by atomic mass is 9.93. The average molecular weight is 340 g/mol. The molecule has 3 rings (SSSR count). The van der Waals surface area contributed by atoms with Gasteiger partial charge in [0.2, 0.25) is 5.88 Å². The first-order valence-electron chi connectivity index (χ1n) is 7.23. The molecule has 6 heteroatoms. The molecule has 0 saturated carbocycles. The van der Waals surface area contributed by atoms with Gasteiger partial charge >= 0.3 is 0 Å². The number of allylic oxidation sites excluding steroid dienone is 1. The number of halogens is 1. The standard InChI is InChI=1S/C18H14ClN3O2/c1-10-9-13(24-18-15(19)5-4-8-20-18)6-7-14(10)16-11(2)17(23)22-21-12(16)3/h4-9H,3H2,1-2H3. The third-order valence-corrected chi connectivity index (χ3v) is 3.94. The topological polar surface area (TPSA) is 63.9 Å². The van der Waals surface area contributed by atoms with Crippen LogP contribution >= 0.6 is 11.6 Å².